The maximum Gasteiger partial charge on any atom is 0.267 e. The Hall–Kier alpha value is -3.01. The number of rotatable bonds is 6. The summed E-state index contributed by atoms with van der Waals surface area (Å²) in [7, 11) is 0. The van der Waals surface area contributed by atoms with Crippen LogP contribution in [0.1, 0.15) is 18.1 Å². The fourth-order valence-corrected chi connectivity index (χ4v) is 5.73. The number of anilines is 1. The standard InChI is InChI=1S/C26H27N5O2S2/c1-2-28-14-16-29(17-15-28)23-20(24(32)30-12-7-6-10-22(30)27-23)18-21-25(33)31(26(34)35-21)13-11-19-8-4-3-5-9-19/h3-10,12,18H,2,11,13-17H2,1H3/b21-18-. The van der Waals surface area contributed by atoms with Crippen LogP contribution < -0.4 is 10.5 Å². The van der Waals surface area contributed by atoms with E-state index in [2.05, 4.69) is 16.7 Å². The minimum Gasteiger partial charge on any atom is -0.353 e. The summed E-state index contributed by atoms with van der Waals surface area (Å²) >= 11 is 6.78. The molecule has 9 heteroatoms. The molecule has 2 saturated heterocycles. The molecule has 2 fully saturated rings. The number of amides is 1. The second-order valence-electron chi connectivity index (χ2n) is 8.57. The molecule has 2 aliphatic rings. The number of hydrogen-bond acceptors (Lipinski definition) is 7. The summed E-state index contributed by atoms with van der Waals surface area (Å²) in [6, 6.07) is 15.5. The number of pyridine rings is 1. The van der Waals surface area contributed by atoms with Crippen molar-refractivity contribution in [1.82, 2.24) is 19.2 Å². The zero-order valence-electron chi connectivity index (χ0n) is 19.6. The Balaban J connectivity index is 1.48. The van der Waals surface area contributed by atoms with Crippen LogP contribution in [0.2, 0.25) is 0 Å². The smallest absolute Gasteiger partial charge is 0.267 e. The first-order valence-corrected chi connectivity index (χ1v) is 13.1. The van der Waals surface area contributed by atoms with Crippen molar-refractivity contribution >= 4 is 51.7 Å². The van der Waals surface area contributed by atoms with Crippen LogP contribution in [0.15, 0.2) is 64.4 Å². The Morgan fingerprint density at radius 1 is 1.03 bits per heavy atom. The number of carbonyl (C=O) groups excluding carboxylic acids is 1. The predicted octanol–water partition coefficient (Wildman–Crippen LogP) is 3.28. The molecule has 3 aromatic rings. The number of fused-ring (bicyclic) bond motifs is 1. The van der Waals surface area contributed by atoms with Crippen molar-refractivity contribution in [2.75, 3.05) is 44.2 Å². The predicted molar refractivity (Wildman–Crippen MR) is 146 cm³/mol. The molecule has 0 saturated carbocycles. The average Bonchev–Trinajstić information content (AvgIpc) is 3.16. The minimum atomic E-state index is -0.182. The van der Waals surface area contributed by atoms with Crippen LogP contribution in [0.25, 0.3) is 11.7 Å². The minimum absolute atomic E-state index is 0.157. The van der Waals surface area contributed by atoms with E-state index in [1.54, 1.807) is 17.2 Å². The van der Waals surface area contributed by atoms with Crippen molar-refractivity contribution in [2.24, 2.45) is 0 Å². The summed E-state index contributed by atoms with van der Waals surface area (Å²) in [5.41, 5.74) is 1.99. The van der Waals surface area contributed by atoms with Gasteiger partial charge in [0.05, 0.1) is 10.5 Å². The van der Waals surface area contributed by atoms with Crippen molar-refractivity contribution in [2.45, 2.75) is 13.3 Å². The molecule has 0 bridgehead atoms. The van der Waals surface area contributed by atoms with E-state index < -0.39 is 0 Å². The van der Waals surface area contributed by atoms with Gasteiger partial charge in [-0.15, -0.1) is 0 Å². The van der Waals surface area contributed by atoms with Crippen LogP contribution in [0.5, 0.6) is 0 Å². The molecular formula is C26H27N5O2S2. The zero-order chi connectivity index (χ0) is 24.4. The second kappa shape index (κ2) is 10.3. The van der Waals surface area contributed by atoms with Gasteiger partial charge >= 0.3 is 0 Å². The van der Waals surface area contributed by atoms with Gasteiger partial charge < -0.3 is 9.80 Å². The average molecular weight is 506 g/mol. The van der Waals surface area contributed by atoms with Gasteiger partial charge in [0.25, 0.3) is 11.5 Å². The highest BCUT2D eigenvalue weighted by Gasteiger charge is 2.33. The number of hydrogen-bond donors (Lipinski definition) is 0. The van der Waals surface area contributed by atoms with E-state index in [0.717, 1.165) is 38.3 Å². The van der Waals surface area contributed by atoms with Crippen molar-refractivity contribution in [3.05, 3.63) is 81.1 Å². The second-order valence-corrected chi connectivity index (χ2v) is 10.2. The van der Waals surface area contributed by atoms with Gasteiger partial charge in [-0.25, -0.2) is 4.98 Å². The molecule has 0 radical (unpaired) electrons. The van der Waals surface area contributed by atoms with Crippen molar-refractivity contribution in [3.8, 4) is 0 Å². The lowest BCUT2D eigenvalue weighted by Gasteiger charge is -2.35. The summed E-state index contributed by atoms with van der Waals surface area (Å²) < 4.78 is 2.05. The quantitative estimate of drug-likeness (QED) is 0.376. The van der Waals surface area contributed by atoms with Crippen LogP contribution in [0.3, 0.4) is 0 Å². The maximum absolute atomic E-state index is 13.6. The summed E-state index contributed by atoms with van der Waals surface area (Å²) in [6.45, 7) is 7.04. The molecule has 180 valence electrons. The molecule has 0 spiro atoms. The summed E-state index contributed by atoms with van der Waals surface area (Å²) in [6.07, 6.45) is 4.12. The first-order valence-electron chi connectivity index (χ1n) is 11.8. The molecule has 7 nitrogen and oxygen atoms in total. The molecule has 5 rings (SSSR count). The third-order valence-electron chi connectivity index (χ3n) is 6.48. The largest absolute Gasteiger partial charge is 0.353 e. The van der Waals surface area contributed by atoms with Gasteiger partial charge in [0.1, 0.15) is 15.8 Å². The molecular weight excluding hydrogens is 478 g/mol. The third kappa shape index (κ3) is 4.89. The van der Waals surface area contributed by atoms with Crippen LogP contribution in [0, 0.1) is 0 Å². The summed E-state index contributed by atoms with van der Waals surface area (Å²) in [5, 5.41) is 0. The topological polar surface area (TPSA) is 61.2 Å². The van der Waals surface area contributed by atoms with Gasteiger partial charge in [0.2, 0.25) is 0 Å². The molecule has 1 amide bonds. The van der Waals surface area contributed by atoms with Crippen molar-refractivity contribution in [3.63, 3.8) is 0 Å². The highest BCUT2D eigenvalue weighted by molar-refractivity contribution is 8.26. The number of thiocarbonyl (C=S) groups is 1. The van der Waals surface area contributed by atoms with Gasteiger partial charge in [-0.2, -0.15) is 0 Å². The van der Waals surface area contributed by atoms with Crippen LogP contribution in [-0.2, 0) is 11.2 Å². The van der Waals surface area contributed by atoms with E-state index in [9.17, 15) is 9.59 Å². The number of nitrogens with zero attached hydrogens (tertiary/aromatic N) is 5. The van der Waals surface area contributed by atoms with E-state index in [1.807, 2.05) is 48.5 Å². The maximum atomic E-state index is 13.6. The fraction of sp³-hybridized carbons (Fsp3) is 0.308. The van der Waals surface area contributed by atoms with Gasteiger partial charge in [0.15, 0.2) is 0 Å². The lowest BCUT2D eigenvalue weighted by Crippen LogP contribution is -2.47. The third-order valence-corrected chi connectivity index (χ3v) is 7.86. The van der Waals surface area contributed by atoms with Crippen molar-refractivity contribution < 1.29 is 4.79 Å². The Kier molecular flexibility index (Phi) is 6.99. The fourth-order valence-electron chi connectivity index (χ4n) is 4.44. The SMILES string of the molecule is CCN1CCN(c2nc3ccccn3c(=O)c2/C=C2\SC(=S)N(CCc3ccccc3)C2=O)CC1. The Labute approximate surface area is 214 Å². The van der Waals surface area contributed by atoms with Gasteiger partial charge in [-0.1, -0.05) is 67.3 Å². The van der Waals surface area contributed by atoms with E-state index in [1.165, 1.54) is 16.2 Å². The van der Waals surface area contributed by atoms with E-state index in [4.69, 9.17) is 17.2 Å². The molecule has 0 unspecified atom stereocenters. The Bertz CT molecular complexity index is 1350. The molecule has 2 aliphatic heterocycles. The molecule has 0 N–H and O–H groups in total. The van der Waals surface area contributed by atoms with Gasteiger partial charge in [-0.3, -0.25) is 18.9 Å². The molecule has 0 aliphatic carbocycles. The molecule has 1 aromatic carbocycles. The van der Waals surface area contributed by atoms with E-state index >= 15 is 0 Å². The number of carbonyl (C=O) groups is 1. The molecule has 4 heterocycles. The van der Waals surface area contributed by atoms with Crippen molar-refractivity contribution in [1.29, 1.82) is 0 Å². The summed E-state index contributed by atoms with van der Waals surface area (Å²) in [5.74, 6) is 0.474. The highest BCUT2D eigenvalue weighted by Crippen LogP contribution is 2.33. The zero-order valence-corrected chi connectivity index (χ0v) is 21.2. The van der Waals surface area contributed by atoms with Crippen LogP contribution >= 0.6 is 24.0 Å². The normalized spacial score (nSPS) is 18.3. The first-order chi connectivity index (χ1) is 17.0. The number of aromatic nitrogens is 2. The highest BCUT2D eigenvalue weighted by atomic mass is 32.2. The first kappa shape index (κ1) is 23.7. The van der Waals surface area contributed by atoms with E-state index in [0.29, 0.717) is 39.2 Å². The molecule has 0 atom stereocenters. The number of thioether (sulfide) groups is 1. The molecule has 2 aromatic heterocycles. The Morgan fingerprint density at radius 3 is 2.51 bits per heavy atom. The lowest BCUT2D eigenvalue weighted by atomic mass is 10.1. The number of piperazine rings is 1. The van der Waals surface area contributed by atoms with Crippen LogP contribution in [0.4, 0.5) is 5.82 Å². The summed E-state index contributed by atoms with van der Waals surface area (Å²) in [4.78, 5) is 38.3. The van der Waals surface area contributed by atoms with Gasteiger partial charge in [-0.05, 0) is 36.7 Å². The Morgan fingerprint density at radius 2 is 1.77 bits per heavy atom. The number of benzene rings is 1. The van der Waals surface area contributed by atoms with Crippen LogP contribution in [-0.4, -0.2) is 68.7 Å². The monoisotopic (exact) mass is 505 g/mol. The van der Waals surface area contributed by atoms with E-state index in [-0.39, 0.29) is 11.5 Å². The van der Waals surface area contributed by atoms with Gasteiger partial charge in [0, 0.05) is 38.9 Å². The number of likely N-dealkylation sites (N-methyl/N-ethyl adjacent to an activating group) is 1. The molecule has 35 heavy (non-hydrogen) atoms. The lowest BCUT2D eigenvalue weighted by molar-refractivity contribution is -0.122.